The molecule has 0 spiro atoms. The zero-order chi connectivity index (χ0) is 18.2. The van der Waals surface area contributed by atoms with E-state index in [2.05, 4.69) is 15.8 Å². The van der Waals surface area contributed by atoms with Gasteiger partial charge in [-0.15, -0.1) is 0 Å². The molecule has 130 valence electrons. The average molecular weight is 378 g/mol. The smallest absolute Gasteiger partial charge is 0.240 e. The number of halogens is 2. The molecule has 0 aromatic heterocycles. The van der Waals surface area contributed by atoms with Crippen molar-refractivity contribution < 1.29 is 9.59 Å². The van der Waals surface area contributed by atoms with Gasteiger partial charge in [-0.3, -0.25) is 9.59 Å². The Bertz CT molecular complexity index is 807. The molecule has 2 rings (SSSR count). The van der Waals surface area contributed by atoms with Gasteiger partial charge in [-0.2, -0.15) is 5.10 Å². The quantitative estimate of drug-likeness (QED) is 0.585. The van der Waals surface area contributed by atoms with Gasteiger partial charge in [0.15, 0.2) is 0 Å². The van der Waals surface area contributed by atoms with Gasteiger partial charge >= 0.3 is 0 Å². The predicted molar refractivity (Wildman–Crippen MR) is 101 cm³/mol. The van der Waals surface area contributed by atoms with Crippen LogP contribution in [0.15, 0.2) is 47.6 Å². The summed E-state index contributed by atoms with van der Waals surface area (Å²) in [6.45, 7) is 1.81. The summed E-state index contributed by atoms with van der Waals surface area (Å²) in [6.07, 6.45) is 1.56. The number of nitrogens with one attached hydrogen (secondary N) is 2. The van der Waals surface area contributed by atoms with Crippen LogP contribution in [0.2, 0.25) is 10.0 Å². The van der Waals surface area contributed by atoms with Crippen molar-refractivity contribution in [1.82, 2.24) is 5.43 Å². The molecule has 0 atom stereocenters. The van der Waals surface area contributed by atoms with Crippen LogP contribution in [-0.4, -0.2) is 18.0 Å². The molecule has 0 heterocycles. The summed E-state index contributed by atoms with van der Waals surface area (Å²) < 4.78 is 0. The van der Waals surface area contributed by atoms with Crippen molar-refractivity contribution in [2.75, 3.05) is 5.32 Å². The fraction of sp³-hybridized carbons (Fsp3) is 0.167. The van der Waals surface area contributed by atoms with Crippen molar-refractivity contribution in [3.63, 3.8) is 0 Å². The number of benzene rings is 2. The highest BCUT2D eigenvalue weighted by molar-refractivity contribution is 6.31. The number of carbonyl (C=O) groups excluding carboxylic acids is 2. The number of rotatable bonds is 6. The first-order valence-electron chi connectivity index (χ1n) is 7.58. The first-order valence-corrected chi connectivity index (χ1v) is 8.34. The maximum Gasteiger partial charge on any atom is 0.240 e. The number of hydrazone groups is 1. The van der Waals surface area contributed by atoms with E-state index in [9.17, 15) is 9.59 Å². The Kier molecular flexibility index (Phi) is 6.98. The lowest BCUT2D eigenvalue weighted by atomic mass is 10.2. The van der Waals surface area contributed by atoms with Crippen LogP contribution in [0.1, 0.15) is 24.0 Å². The molecule has 2 amide bonds. The molecular formula is C18H17Cl2N3O2. The van der Waals surface area contributed by atoms with E-state index in [4.69, 9.17) is 23.2 Å². The third-order valence-corrected chi connectivity index (χ3v) is 4.02. The Morgan fingerprint density at radius 1 is 1.08 bits per heavy atom. The highest BCUT2D eigenvalue weighted by atomic mass is 35.5. The summed E-state index contributed by atoms with van der Waals surface area (Å²) in [5.41, 5.74) is 4.56. The molecule has 0 aliphatic heterocycles. The maximum absolute atomic E-state index is 11.9. The Morgan fingerprint density at radius 3 is 2.56 bits per heavy atom. The van der Waals surface area contributed by atoms with Crippen LogP contribution in [0.4, 0.5) is 5.69 Å². The van der Waals surface area contributed by atoms with Crippen LogP contribution in [-0.2, 0) is 9.59 Å². The fourth-order valence-electron chi connectivity index (χ4n) is 2.00. The summed E-state index contributed by atoms with van der Waals surface area (Å²) in [5, 5.41) is 7.74. The van der Waals surface area contributed by atoms with Gasteiger partial charge in [0.2, 0.25) is 11.8 Å². The van der Waals surface area contributed by atoms with Crippen LogP contribution < -0.4 is 10.7 Å². The van der Waals surface area contributed by atoms with Gasteiger partial charge < -0.3 is 5.32 Å². The average Bonchev–Trinajstić information content (AvgIpc) is 2.57. The lowest BCUT2D eigenvalue weighted by Gasteiger charge is -2.09. The van der Waals surface area contributed by atoms with Gasteiger partial charge in [0, 0.05) is 28.6 Å². The molecule has 5 nitrogen and oxygen atoms in total. The van der Waals surface area contributed by atoms with E-state index in [0.29, 0.717) is 15.7 Å². The topological polar surface area (TPSA) is 70.6 Å². The van der Waals surface area contributed by atoms with Crippen LogP contribution in [0.3, 0.4) is 0 Å². The molecular weight excluding hydrogens is 361 g/mol. The Balaban J connectivity index is 1.77. The molecule has 2 aromatic carbocycles. The summed E-state index contributed by atoms with van der Waals surface area (Å²) in [7, 11) is 0. The number of anilines is 1. The highest BCUT2D eigenvalue weighted by Crippen LogP contribution is 2.23. The van der Waals surface area contributed by atoms with E-state index in [1.165, 1.54) is 6.21 Å². The third-order valence-electron chi connectivity index (χ3n) is 3.37. The summed E-state index contributed by atoms with van der Waals surface area (Å²) >= 11 is 11.9. The molecule has 0 unspecified atom stereocenters. The molecule has 0 aliphatic carbocycles. The SMILES string of the molecule is Cc1c(Cl)cccc1NC(=O)CCC(=O)N/N=C/c1cccc(Cl)c1. The maximum atomic E-state index is 11.9. The summed E-state index contributed by atoms with van der Waals surface area (Å²) in [6, 6.07) is 12.3. The molecule has 0 radical (unpaired) electrons. The van der Waals surface area contributed by atoms with Gasteiger partial charge in [0.05, 0.1) is 6.21 Å². The molecule has 0 aliphatic rings. The lowest BCUT2D eigenvalue weighted by Crippen LogP contribution is -2.20. The van der Waals surface area contributed by atoms with E-state index in [-0.39, 0.29) is 24.7 Å². The van der Waals surface area contributed by atoms with E-state index in [1.807, 2.05) is 13.0 Å². The van der Waals surface area contributed by atoms with Crippen molar-refractivity contribution in [2.45, 2.75) is 19.8 Å². The monoisotopic (exact) mass is 377 g/mol. The van der Waals surface area contributed by atoms with E-state index < -0.39 is 0 Å². The largest absolute Gasteiger partial charge is 0.326 e. The van der Waals surface area contributed by atoms with Crippen molar-refractivity contribution in [2.24, 2.45) is 5.10 Å². The van der Waals surface area contributed by atoms with Gasteiger partial charge in [0.1, 0.15) is 0 Å². The van der Waals surface area contributed by atoms with Gasteiger partial charge in [-0.25, -0.2) is 5.43 Å². The number of carbonyl (C=O) groups is 2. The molecule has 0 saturated heterocycles. The number of amides is 2. The van der Waals surface area contributed by atoms with Crippen LogP contribution in [0.25, 0.3) is 0 Å². The Labute approximate surface area is 156 Å². The number of nitrogens with zero attached hydrogens (tertiary/aromatic N) is 1. The molecule has 0 fully saturated rings. The van der Waals surface area contributed by atoms with Crippen molar-refractivity contribution >= 4 is 46.9 Å². The van der Waals surface area contributed by atoms with Crippen molar-refractivity contribution in [1.29, 1.82) is 0 Å². The van der Waals surface area contributed by atoms with Gasteiger partial charge in [0.25, 0.3) is 0 Å². The van der Waals surface area contributed by atoms with E-state index in [0.717, 1.165) is 11.1 Å². The summed E-state index contributed by atoms with van der Waals surface area (Å²) in [5.74, 6) is -0.615. The molecule has 0 bridgehead atoms. The Morgan fingerprint density at radius 2 is 1.80 bits per heavy atom. The zero-order valence-corrected chi connectivity index (χ0v) is 15.1. The lowest BCUT2D eigenvalue weighted by molar-refractivity contribution is -0.124. The minimum absolute atomic E-state index is 0.0261. The molecule has 7 heteroatoms. The first-order chi connectivity index (χ1) is 12.0. The third kappa shape index (κ3) is 6.21. The zero-order valence-electron chi connectivity index (χ0n) is 13.6. The highest BCUT2D eigenvalue weighted by Gasteiger charge is 2.09. The normalized spacial score (nSPS) is 10.7. The molecule has 0 saturated carbocycles. The first kappa shape index (κ1) is 19.0. The predicted octanol–water partition coefficient (Wildman–Crippen LogP) is 4.17. The second-order valence-corrected chi connectivity index (χ2v) is 6.15. The van der Waals surface area contributed by atoms with Crippen molar-refractivity contribution in [3.05, 3.63) is 63.6 Å². The Hall–Kier alpha value is -2.37. The fourth-order valence-corrected chi connectivity index (χ4v) is 2.38. The molecule has 2 N–H and O–H groups in total. The number of hydrogen-bond acceptors (Lipinski definition) is 3. The standard InChI is InChI=1S/C18H17Cl2N3O2/c1-12-15(20)6-3-7-16(12)22-17(24)8-9-18(25)23-21-11-13-4-2-5-14(19)10-13/h2-7,10-11H,8-9H2,1H3,(H,22,24)(H,23,25)/b21-11+. The van der Waals surface area contributed by atoms with Crippen molar-refractivity contribution in [3.8, 4) is 0 Å². The van der Waals surface area contributed by atoms with E-state index >= 15 is 0 Å². The minimum atomic E-state index is -0.351. The van der Waals surface area contributed by atoms with Gasteiger partial charge in [-0.1, -0.05) is 41.4 Å². The van der Waals surface area contributed by atoms with Crippen LogP contribution in [0.5, 0.6) is 0 Å². The second kappa shape index (κ2) is 9.20. The minimum Gasteiger partial charge on any atom is -0.326 e. The van der Waals surface area contributed by atoms with E-state index in [1.54, 1.807) is 36.4 Å². The number of hydrogen-bond donors (Lipinski definition) is 2. The summed E-state index contributed by atoms with van der Waals surface area (Å²) in [4.78, 5) is 23.7. The van der Waals surface area contributed by atoms with Gasteiger partial charge in [-0.05, 0) is 42.3 Å². The van der Waals surface area contributed by atoms with Crippen LogP contribution in [0, 0.1) is 6.92 Å². The van der Waals surface area contributed by atoms with Crippen LogP contribution >= 0.6 is 23.2 Å². The molecule has 2 aromatic rings. The molecule has 25 heavy (non-hydrogen) atoms. The second-order valence-electron chi connectivity index (χ2n) is 5.31.